The van der Waals surface area contributed by atoms with Gasteiger partial charge in [0.15, 0.2) is 0 Å². The summed E-state index contributed by atoms with van der Waals surface area (Å²) >= 11 is 0. The third-order valence-electron chi connectivity index (χ3n) is 6.22. The molecular weight excluding hydrogens is 512 g/mol. The maximum Gasteiger partial charge on any atom is 0.326 e. The van der Waals surface area contributed by atoms with E-state index < -0.39 is 23.9 Å². The van der Waals surface area contributed by atoms with Crippen molar-refractivity contribution >= 4 is 34.4 Å². The Balaban J connectivity index is 1.51. The summed E-state index contributed by atoms with van der Waals surface area (Å²) in [5, 5.41) is 20.9. The highest BCUT2D eigenvalue weighted by Crippen LogP contribution is 2.21. The number of aromatic nitrogens is 2. The van der Waals surface area contributed by atoms with E-state index in [1.165, 1.54) is 12.1 Å². The molecule has 4 aromatic rings. The minimum atomic E-state index is -1.32. The molecule has 3 aromatic carbocycles. The number of carbonyl (C=O) groups is 3. The number of anilines is 1. The molecule has 0 unspecified atom stereocenters. The zero-order valence-electron chi connectivity index (χ0n) is 21.3. The van der Waals surface area contributed by atoms with Crippen molar-refractivity contribution in [2.75, 3.05) is 11.4 Å². The SMILES string of the molecule is C#CCN(Cc1ccc2nc(-c3ccccc3)[nH]c(=O)c2c1)c1ccc(C(=O)N[C@@H](CCC(=O)O)C(=O)O)cc1. The van der Waals surface area contributed by atoms with E-state index in [1.807, 2.05) is 41.3 Å². The fraction of sp³-hybridized carbons (Fsp3) is 0.167. The van der Waals surface area contributed by atoms with Crippen LogP contribution in [-0.2, 0) is 16.1 Å². The van der Waals surface area contributed by atoms with Crippen LogP contribution in [-0.4, -0.2) is 50.6 Å². The highest BCUT2D eigenvalue weighted by molar-refractivity contribution is 5.97. The normalized spacial score (nSPS) is 11.4. The summed E-state index contributed by atoms with van der Waals surface area (Å²) in [5.74, 6) is 0.00118. The Hall–Kier alpha value is -5.43. The zero-order valence-corrected chi connectivity index (χ0v) is 21.3. The number of carboxylic acids is 2. The largest absolute Gasteiger partial charge is 0.481 e. The summed E-state index contributed by atoms with van der Waals surface area (Å²) in [4.78, 5) is 56.9. The molecule has 1 aromatic heterocycles. The molecule has 4 N–H and O–H groups in total. The van der Waals surface area contributed by atoms with Gasteiger partial charge in [-0.1, -0.05) is 42.3 Å². The number of rotatable bonds is 11. The highest BCUT2D eigenvalue weighted by atomic mass is 16.4. The van der Waals surface area contributed by atoms with Gasteiger partial charge in [0.1, 0.15) is 11.9 Å². The maximum atomic E-state index is 12.9. The van der Waals surface area contributed by atoms with Crippen LogP contribution in [0.5, 0.6) is 0 Å². The highest BCUT2D eigenvalue weighted by Gasteiger charge is 2.22. The average Bonchev–Trinajstić information content (AvgIpc) is 2.95. The van der Waals surface area contributed by atoms with E-state index in [9.17, 15) is 24.3 Å². The van der Waals surface area contributed by atoms with Crippen molar-refractivity contribution < 1.29 is 24.6 Å². The van der Waals surface area contributed by atoms with Crippen molar-refractivity contribution in [1.82, 2.24) is 15.3 Å². The van der Waals surface area contributed by atoms with Crippen molar-refractivity contribution in [2.24, 2.45) is 0 Å². The molecule has 10 heteroatoms. The van der Waals surface area contributed by atoms with Gasteiger partial charge in [0.2, 0.25) is 0 Å². The van der Waals surface area contributed by atoms with E-state index in [1.54, 1.807) is 24.3 Å². The number of amides is 1. The third kappa shape index (κ3) is 6.71. The lowest BCUT2D eigenvalue weighted by atomic mass is 10.1. The summed E-state index contributed by atoms with van der Waals surface area (Å²) in [7, 11) is 0. The Kier molecular flexibility index (Phi) is 8.56. The molecule has 202 valence electrons. The second-order valence-electron chi connectivity index (χ2n) is 9.04. The standard InChI is InChI=1S/C30H26N4O6/c1-2-16-34(22-11-9-21(10-12-22)28(37)32-25(30(39)40)14-15-26(35)36)18-19-8-13-24-23(17-19)29(38)33-27(31-24)20-6-4-3-5-7-20/h1,3-13,17,25H,14-16,18H2,(H,32,37)(H,35,36)(H,39,40)(H,31,33,38)/t25-/m0/s1. The molecule has 0 saturated carbocycles. The summed E-state index contributed by atoms with van der Waals surface area (Å²) in [6.45, 7) is 0.628. The topological polar surface area (TPSA) is 153 Å². The monoisotopic (exact) mass is 538 g/mol. The summed E-state index contributed by atoms with van der Waals surface area (Å²) < 4.78 is 0. The molecule has 10 nitrogen and oxygen atoms in total. The third-order valence-corrected chi connectivity index (χ3v) is 6.22. The number of H-pyrrole nitrogens is 1. The van der Waals surface area contributed by atoms with E-state index in [4.69, 9.17) is 11.5 Å². The number of fused-ring (bicyclic) bond motifs is 1. The second kappa shape index (κ2) is 12.4. The van der Waals surface area contributed by atoms with Crippen LogP contribution < -0.4 is 15.8 Å². The quantitative estimate of drug-likeness (QED) is 0.212. The van der Waals surface area contributed by atoms with Crippen LogP contribution in [0.4, 0.5) is 5.69 Å². The van der Waals surface area contributed by atoms with E-state index in [0.717, 1.165) is 11.1 Å². The van der Waals surface area contributed by atoms with Crippen LogP contribution in [0.1, 0.15) is 28.8 Å². The molecule has 0 fully saturated rings. The molecule has 0 aliphatic rings. The van der Waals surface area contributed by atoms with Crippen molar-refractivity contribution in [2.45, 2.75) is 25.4 Å². The molecule has 0 aliphatic carbocycles. The predicted molar refractivity (Wildman–Crippen MR) is 150 cm³/mol. The maximum absolute atomic E-state index is 12.9. The minimum Gasteiger partial charge on any atom is -0.481 e. The number of hydrogen-bond acceptors (Lipinski definition) is 6. The number of nitrogens with one attached hydrogen (secondary N) is 2. The van der Waals surface area contributed by atoms with Crippen LogP contribution in [0.25, 0.3) is 22.3 Å². The number of carbonyl (C=O) groups excluding carboxylic acids is 1. The van der Waals surface area contributed by atoms with Gasteiger partial charge in [-0.25, -0.2) is 9.78 Å². The molecule has 1 amide bonds. The number of aromatic amines is 1. The van der Waals surface area contributed by atoms with E-state index in [2.05, 4.69) is 21.2 Å². The molecular formula is C30H26N4O6. The minimum absolute atomic E-state index is 0.212. The molecule has 0 spiro atoms. The van der Waals surface area contributed by atoms with E-state index in [0.29, 0.717) is 29.0 Å². The lowest BCUT2D eigenvalue weighted by Crippen LogP contribution is -2.41. The van der Waals surface area contributed by atoms with Gasteiger partial charge in [0, 0.05) is 29.8 Å². The Labute approximate surface area is 229 Å². The Bertz CT molecular complexity index is 1640. The molecule has 40 heavy (non-hydrogen) atoms. The Morgan fingerprint density at radius 3 is 2.40 bits per heavy atom. The lowest BCUT2D eigenvalue weighted by molar-refractivity contribution is -0.140. The molecule has 0 bridgehead atoms. The van der Waals surface area contributed by atoms with E-state index >= 15 is 0 Å². The number of aliphatic carboxylic acids is 2. The van der Waals surface area contributed by atoms with Gasteiger partial charge in [0.05, 0.1) is 17.4 Å². The summed E-state index contributed by atoms with van der Waals surface area (Å²) in [6.07, 6.45) is 4.98. The fourth-order valence-corrected chi connectivity index (χ4v) is 4.18. The number of nitrogens with zero attached hydrogens (tertiary/aromatic N) is 2. The van der Waals surface area contributed by atoms with Gasteiger partial charge in [-0.15, -0.1) is 6.42 Å². The molecule has 1 heterocycles. The van der Waals surface area contributed by atoms with Gasteiger partial charge in [-0.05, 0) is 48.4 Å². The van der Waals surface area contributed by atoms with Gasteiger partial charge < -0.3 is 25.4 Å². The molecule has 4 rings (SSSR count). The lowest BCUT2D eigenvalue weighted by Gasteiger charge is -2.23. The second-order valence-corrected chi connectivity index (χ2v) is 9.04. The molecule has 0 saturated heterocycles. The predicted octanol–water partition coefficient (Wildman–Crippen LogP) is 3.28. The first-order chi connectivity index (χ1) is 19.2. The van der Waals surface area contributed by atoms with Crippen molar-refractivity contribution in [3.63, 3.8) is 0 Å². The summed E-state index contributed by atoms with van der Waals surface area (Å²) in [6, 6.07) is 19.9. The molecule has 0 radical (unpaired) electrons. The van der Waals surface area contributed by atoms with Gasteiger partial charge >= 0.3 is 11.9 Å². The van der Waals surface area contributed by atoms with Gasteiger partial charge in [0.25, 0.3) is 11.5 Å². The average molecular weight is 539 g/mol. The van der Waals surface area contributed by atoms with Crippen LogP contribution in [0.15, 0.2) is 77.6 Å². The first-order valence-corrected chi connectivity index (χ1v) is 12.4. The summed E-state index contributed by atoms with van der Waals surface area (Å²) in [5.41, 5.74) is 2.86. The van der Waals surface area contributed by atoms with Crippen LogP contribution >= 0.6 is 0 Å². The smallest absolute Gasteiger partial charge is 0.326 e. The van der Waals surface area contributed by atoms with Crippen molar-refractivity contribution in [3.8, 4) is 23.7 Å². The van der Waals surface area contributed by atoms with Crippen LogP contribution in [0.2, 0.25) is 0 Å². The van der Waals surface area contributed by atoms with Crippen LogP contribution in [0.3, 0.4) is 0 Å². The van der Waals surface area contributed by atoms with Gasteiger partial charge in [-0.2, -0.15) is 0 Å². The zero-order chi connectivity index (χ0) is 28.6. The van der Waals surface area contributed by atoms with E-state index in [-0.39, 0.29) is 30.5 Å². The van der Waals surface area contributed by atoms with Gasteiger partial charge in [-0.3, -0.25) is 14.4 Å². The Morgan fingerprint density at radius 2 is 1.75 bits per heavy atom. The molecule has 1 atom stereocenters. The fourth-order valence-electron chi connectivity index (χ4n) is 4.18. The van der Waals surface area contributed by atoms with Crippen molar-refractivity contribution in [1.29, 1.82) is 0 Å². The van der Waals surface area contributed by atoms with Crippen LogP contribution in [0, 0.1) is 12.3 Å². The first kappa shape index (κ1) is 27.6. The molecule has 0 aliphatic heterocycles. The number of benzene rings is 3. The number of terminal acetylenes is 1. The first-order valence-electron chi connectivity index (χ1n) is 12.4. The number of hydrogen-bond donors (Lipinski definition) is 4. The van der Waals surface area contributed by atoms with Crippen molar-refractivity contribution in [3.05, 3.63) is 94.3 Å². The number of carboxylic acid groups (broad SMARTS) is 2. The Morgan fingerprint density at radius 1 is 1.02 bits per heavy atom.